The van der Waals surface area contributed by atoms with Crippen LogP contribution in [-0.4, -0.2) is 32.7 Å². The summed E-state index contributed by atoms with van der Waals surface area (Å²) in [5.74, 6) is 0.804. The van der Waals surface area contributed by atoms with Crippen LogP contribution in [0.2, 0.25) is 0 Å². The van der Waals surface area contributed by atoms with Crippen LogP contribution in [0.5, 0.6) is 0 Å². The third-order valence-electron chi connectivity index (χ3n) is 5.33. The smallest absolute Gasteiger partial charge is 0.342 e. The average molecular weight is 399 g/mol. The number of nitrogens with zero attached hydrogens (tertiary/aromatic N) is 3. The Balaban J connectivity index is 1.52. The molecule has 2 heterocycles. The monoisotopic (exact) mass is 399 g/mol. The van der Waals surface area contributed by atoms with Gasteiger partial charge in [0.25, 0.3) is 0 Å². The molecule has 2 aromatic heterocycles. The first-order valence-corrected chi connectivity index (χ1v) is 10.1. The molecule has 2 N–H and O–H groups in total. The second-order valence-corrected chi connectivity index (χ2v) is 7.18. The highest BCUT2D eigenvalue weighted by Gasteiger charge is 2.27. The number of benzene rings is 2. The molecule has 0 amide bonds. The number of imidazole rings is 1. The van der Waals surface area contributed by atoms with Gasteiger partial charge in [0.2, 0.25) is 0 Å². The number of anilines is 1. The van der Waals surface area contributed by atoms with E-state index in [0.29, 0.717) is 24.5 Å². The number of carbonyl (C=O) groups is 1. The van der Waals surface area contributed by atoms with Crippen molar-refractivity contribution in [2.75, 3.05) is 11.9 Å². The maximum Gasteiger partial charge on any atom is 0.342 e. The van der Waals surface area contributed by atoms with Gasteiger partial charge in [-0.25, -0.2) is 9.78 Å². The molecule has 4 aromatic rings. The molecule has 0 radical (unpaired) electrons. The molecule has 0 saturated heterocycles. The van der Waals surface area contributed by atoms with Gasteiger partial charge < -0.3 is 15.0 Å². The van der Waals surface area contributed by atoms with Gasteiger partial charge in [-0.2, -0.15) is 0 Å². The van der Waals surface area contributed by atoms with Crippen molar-refractivity contribution in [3.8, 4) is 11.3 Å². The number of esters is 1. The lowest BCUT2D eigenvalue weighted by Crippen LogP contribution is -2.19. The summed E-state index contributed by atoms with van der Waals surface area (Å²) in [5.41, 5.74) is 6.22. The van der Waals surface area contributed by atoms with Gasteiger partial charge in [0.1, 0.15) is 11.4 Å². The molecule has 0 saturated carbocycles. The predicted octanol–water partition coefficient (Wildman–Crippen LogP) is 3.91. The summed E-state index contributed by atoms with van der Waals surface area (Å²) in [6, 6.07) is 16.0. The minimum Gasteiger partial charge on any atom is -0.462 e. The molecule has 1 aliphatic rings. The average Bonchev–Trinajstić information content (AvgIpc) is 3.20. The molecular formula is C23H21N5O2. The van der Waals surface area contributed by atoms with E-state index in [4.69, 9.17) is 4.74 Å². The molecule has 7 nitrogen and oxygen atoms in total. The first kappa shape index (κ1) is 18.3. The molecule has 0 aliphatic heterocycles. The number of hydrogen-bond donors (Lipinski definition) is 2. The number of ether oxygens (including phenoxy) is 1. The van der Waals surface area contributed by atoms with Crippen LogP contribution in [0.15, 0.2) is 48.5 Å². The quantitative estimate of drug-likeness (QED) is 0.494. The van der Waals surface area contributed by atoms with Crippen molar-refractivity contribution in [2.45, 2.75) is 26.3 Å². The van der Waals surface area contributed by atoms with Crippen molar-refractivity contribution in [3.05, 3.63) is 71.0 Å². The fourth-order valence-corrected chi connectivity index (χ4v) is 3.96. The van der Waals surface area contributed by atoms with Gasteiger partial charge in [-0.05, 0) is 43.0 Å². The number of para-hydroxylation sites is 2. The number of rotatable bonds is 5. The summed E-state index contributed by atoms with van der Waals surface area (Å²) < 4.78 is 5.35. The highest BCUT2D eigenvalue weighted by molar-refractivity contribution is 5.98. The second kappa shape index (κ2) is 7.59. The molecule has 0 spiro atoms. The van der Waals surface area contributed by atoms with Gasteiger partial charge >= 0.3 is 5.97 Å². The fraction of sp³-hybridized carbons (Fsp3) is 0.217. The summed E-state index contributed by atoms with van der Waals surface area (Å²) in [4.78, 5) is 20.7. The zero-order chi connectivity index (χ0) is 20.5. The van der Waals surface area contributed by atoms with Gasteiger partial charge in [-0.1, -0.05) is 36.4 Å². The highest BCUT2D eigenvalue weighted by Crippen LogP contribution is 2.35. The lowest BCUT2D eigenvalue weighted by atomic mass is 9.87. The molecule has 7 heteroatoms. The fourth-order valence-electron chi connectivity index (χ4n) is 3.96. The SMILES string of the molecule is CCOC(=O)c1c(NCc2nc3ccccc3[nH]2)nnc2c1CCc1ccccc1-2. The first-order chi connectivity index (χ1) is 14.7. The highest BCUT2D eigenvalue weighted by atomic mass is 16.5. The summed E-state index contributed by atoms with van der Waals surface area (Å²) in [7, 11) is 0. The summed E-state index contributed by atoms with van der Waals surface area (Å²) in [5, 5.41) is 12.1. The van der Waals surface area contributed by atoms with Crippen LogP contribution < -0.4 is 5.32 Å². The van der Waals surface area contributed by atoms with Crippen molar-refractivity contribution in [3.63, 3.8) is 0 Å². The van der Waals surface area contributed by atoms with Crippen LogP contribution in [-0.2, 0) is 24.1 Å². The molecule has 1 aliphatic carbocycles. The Bertz CT molecular complexity index is 1210. The van der Waals surface area contributed by atoms with Crippen molar-refractivity contribution >= 4 is 22.8 Å². The normalized spacial score (nSPS) is 12.3. The topological polar surface area (TPSA) is 92.8 Å². The third kappa shape index (κ3) is 3.18. The standard InChI is InChI=1S/C23H21N5O2/c1-2-30-23(29)20-16-12-11-14-7-3-4-8-15(14)21(16)27-28-22(20)24-13-19-25-17-9-5-6-10-18(17)26-19/h3-10H,2,11-13H2,1H3,(H,24,28)(H,25,26). The molecule has 150 valence electrons. The van der Waals surface area contributed by atoms with E-state index in [9.17, 15) is 4.79 Å². The Hall–Kier alpha value is -3.74. The lowest BCUT2D eigenvalue weighted by Gasteiger charge is -2.22. The number of aryl methyl sites for hydroxylation is 1. The van der Waals surface area contributed by atoms with Crippen molar-refractivity contribution in [1.29, 1.82) is 0 Å². The van der Waals surface area contributed by atoms with Crippen LogP contribution in [0.1, 0.15) is 34.2 Å². The van der Waals surface area contributed by atoms with E-state index in [-0.39, 0.29) is 5.97 Å². The number of nitrogens with one attached hydrogen (secondary N) is 2. The van der Waals surface area contributed by atoms with E-state index in [1.807, 2.05) is 42.5 Å². The molecule has 0 fully saturated rings. The zero-order valence-electron chi connectivity index (χ0n) is 16.6. The molecule has 0 atom stereocenters. The third-order valence-corrected chi connectivity index (χ3v) is 5.33. The number of aromatic nitrogens is 4. The van der Waals surface area contributed by atoms with Crippen molar-refractivity contribution in [1.82, 2.24) is 20.2 Å². The van der Waals surface area contributed by atoms with E-state index >= 15 is 0 Å². The number of carbonyl (C=O) groups excluding carboxylic acids is 1. The Morgan fingerprint density at radius 1 is 1.10 bits per heavy atom. The number of aromatic amines is 1. The Morgan fingerprint density at radius 2 is 1.93 bits per heavy atom. The van der Waals surface area contributed by atoms with Crippen LogP contribution >= 0.6 is 0 Å². The Labute approximate surface area is 173 Å². The van der Waals surface area contributed by atoms with Crippen molar-refractivity contribution in [2.24, 2.45) is 0 Å². The first-order valence-electron chi connectivity index (χ1n) is 10.1. The second-order valence-electron chi connectivity index (χ2n) is 7.18. The van der Waals surface area contributed by atoms with Gasteiger partial charge in [0.05, 0.1) is 29.9 Å². The largest absolute Gasteiger partial charge is 0.462 e. The molecule has 2 aromatic carbocycles. The Morgan fingerprint density at radius 3 is 2.80 bits per heavy atom. The maximum absolute atomic E-state index is 12.8. The van der Waals surface area contributed by atoms with Crippen LogP contribution in [0, 0.1) is 0 Å². The zero-order valence-corrected chi connectivity index (χ0v) is 16.6. The number of fused-ring (bicyclic) bond motifs is 4. The lowest BCUT2D eigenvalue weighted by molar-refractivity contribution is 0.0525. The van der Waals surface area contributed by atoms with Crippen LogP contribution in [0.3, 0.4) is 0 Å². The molecule has 30 heavy (non-hydrogen) atoms. The van der Waals surface area contributed by atoms with Gasteiger partial charge in [0, 0.05) is 5.56 Å². The number of hydrogen-bond acceptors (Lipinski definition) is 6. The molecule has 0 unspecified atom stereocenters. The summed E-state index contributed by atoms with van der Waals surface area (Å²) in [6.45, 7) is 2.50. The number of H-pyrrole nitrogens is 1. The van der Waals surface area contributed by atoms with Crippen LogP contribution in [0.25, 0.3) is 22.3 Å². The van der Waals surface area contributed by atoms with E-state index in [1.165, 1.54) is 5.56 Å². The van der Waals surface area contributed by atoms with E-state index in [1.54, 1.807) is 6.92 Å². The van der Waals surface area contributed by atoms with E-state index < -0.39 is 0 Å². The van der Waals surface area contributed by atoms with E-state index in [0.717, 1.165) is 46.5 Å². The molecule has 5 rings (SSSR count). The minimum atomic E-state index is -0.380. The molecular weight excluding hydrogens is 378 g/mol. The predicted molar refractivity (Wildman–Crippen MR) is 114 cm³/mol. The summed E-state index contributed by atoms with van der Waals surface area (Å²) in [6.07, 6.45) is 1.57. The van der Waals surface area contributed by atoms with Crippen molar-refractivity contribution < 1.29 is 9.53 Å². The maximum atomic E-state index is 12.8. The van der Waals surface area contributed by atoms with Gasteiger partial charge in [0.15, 0.2) is 5.82 Å². The van der Waals surface area contributed by atoms with Gasteiger partial charge in [-0.3, -0.25) is 0 Å². The summed E-state index contributed by atoms with van der Waals surface area (Å²) >= 11 is 0. The van der Waals surface area contributed by atoms with Crippen LogP contribution in [0.4, 0.5) is 5.82 Å². The van der Waals surface area contributed by atoms with Gasteiger partial charge in [-0.15, -0.1) is 10.2 Å². The Kier molecular flexibility index (Phi) is 4.63. The molecule has 0 bridgehead atoms. The minimum absolute atomic E-state index is 0.301. The van der Waals surface area contributed by atoms with E-state index in [2.05, 4.69) is 31.5 Å².